The summed E-state index contributed by atoms with van der Waals surface area (Å²) in [6, 6.07) is 2.88. The molecule has 0 aliphatic rings. The average molecular weight is 248 g/mol. The van der Waals surface area contributed by atoms with Crippen LogP contribution in [0.15, 0.2) is 18.2 Å². The highest BCUT2D eigenvalue weighted by Crippen LogP contribution is 2.20. The Hall–Kier alpha value is -1.16. The van der Waals surface area contributed by atoms with Gasteiger partial charge < -0.3 is 5.32 Å². The topological polar surface area (TPSA) is 29.1 Å². The van der Waals surface area contributed by atoms with Crippen molar-refractivity contribution in [3.05, 3.63) is 35.4 Å². The minimum atomic E-state index is -0.711. The third-order valence-corrected chi connectivity index (χ3v) is 2.32. The number of rotatable bonds is 4. The summed E-state index contributed by atoms with van der Waals surface area (Å²) in [6.45, 7) is 1.52. The first-order valence-corrected chi connectivity index (χ1v) is 5.39. The van der Waals surface area contributed by atoms with E-state index in [1.807, 2.05) is 0 Å². The Labute approximate surface area is 97.6 Å². The largest absolute Gasteiger partial charge is 0.349 e. The van der Waals surface area contributed by atoms with Gasteiger partial charge in [0.15, 0.2) is 0 Å². The second-order valence-electron chi connectivity index (χ2n) is 3.36. The van der Waals surface area contributed by atoms with Crippen molar-refractivity contribution >= 4 is 17.5 Å². The minimum Gasteiger partial charge on any atom is -0.349 e. The number of carbonyl (C=O) groups excluding carboxylic acids is 1. The molecule has 88 valence electrons. The van der Waals surface area contributed by atoms with Gasteiger partial charge in [-0.15, -0.1) is 11.6 Å². The Bertz CT molecular complexity index is 364. The molecule has 0 aliphatic carbocycles. The normalized spacial score (nSPS) is 12.2. The quantitative estimate of drug-likeness (QED) is 0.815. The zero-order valence-electron chi connectivity index (χ0n) is 8.77. The van der Waals surface area contributed by atoms with E-state index in [2.05, 4.69) is 5.32 Å². The van der Waals surface area contributed by atoms with Crippen LogP contribution in [0.25, 0.3) is 0 Å². The molecule has 2 nitrogen and oxygen atoms in total. The second-order valence-corrected chi connectivity index (χ2v) is 3.74. The van der Waals surface area contributed by atoms with Crippen molar-refractivity contribution in [1.29, 1.82) is 0 Å². The molecule has 16 heavy (non-hydrogen) atoms. The first kappa shape index (κ1) is 12.9. The molecule has 5 heteroatoms. The summed E-state index contributed by atoms with van der Waals surface area (Å²) in [5.74, 6) is -1.49. The number of hydrogen-bond acceptors (Lipinski definition) is 1. The lowest BCUT2D eigenvalue weighted by atomic mass is 10.1. The molecule has 0 saturated carbocycles. The molecule has 0 fully saturated rings. The van der Waals surface area contributed by atoms with E-state index in [9.17, 15) is 13.6 Å². The van der Waals surface area contributed by atoms with E-state index < -0.39 is 17.7 Å². The van der Waals surface area contributed by atoms with E-state index in [0.29, 0.717) is 0 Å². The Kier molecular flexibility index (Phi) is 4.68. The lowest BCUT2D eigenvalue weighted by Crippen LogP contribution is -2.28. The number of amides is 1. The van der Waals surface area contributed by atoms with Crippen molar-refractivity contribution in [2.75, 3.05) is 5.88 Å². The van der Waals surface area contributed by atoms with E-state index in [-0.39, 0.29) is 23.8 Å². The first-order valence-electron chi connectivity index (χ1n) is 4.85. The molecular weight excluding hydrogens is 236 g/mol. The zero-order valence-corrected chi connectivity index (χ0v) is 9.52. The van der Waals surface area contributed by atoms with Crippen molar-refractivity contribution in [3.63, 3.8) is 0 Å². The van der Waals surface area contributed by atoms with E-state index in [1.165, 1.54) is 13.0 Å². The lowest BCUT2D eigenvalue weighted by molar-refractivity contribution is -0.121. The summed E-state index contributed by atoms with van der Waals surface area (Å²) in [5.41, 5.74) is -0.134. The fourth-order valence-corrected chi connectivity index (χ4v) is 1.57. The molecule has 0 aliphatic heterocycles. The number of alkyl halides is 1. The van der Waals surface area contributed by atoms with Crippen molar-refractivity contribution in [2.24, 2.45) is 0 Å². The van der Waals surface area contributed by atoms with Gasteiger partial charge in [-0.25, -0.2) is 8.78 Å². The van der Waals surface area contributed by atoms with Crippen LogP contribution in [0, 0.1) is 11.6 Å². The van der Waals surface area contributed by atoms with Crippen LogP contribution in [0.4, 0.5) is 8.78 Å². The Balaban J connectivity index is 2.80. The SMILES string of the molecule is CC(NC(=O)CCCl)c1c(F)cccc1F. The Morgan fingerprint density at radius 3 is 2.50 bits per heavy atom. The fraction of sp³-hybridized carbons (Fsp3) is 0.364. The zero-order chi connectivity index (χ0) is 12.1. The van der Waals surface area contributed by atoms with Crippen LogP contribution in [0.5, 0.6) is 0 Å². The van der Waals surface area contributed by atoms with Gasteiger partial charge in [0.25, 0.3) is 0 Å². The third kappa shape index (κ3) is 3.17. The molecule has 0 saturated heterocycles. The molecule has 1 amide bonds. The number of benzene rings is 1. The highest BCUT2D eigenvalue weighted by molar-refractivity contribution is 6.18. The maximum Gasteiger partial charge on any atom is 0.221 e. The Morgan fingerprint density at radius 2 is 2.00 bits per heavy atom. The van der Waals surface area contributed by atoms with Crippen LogP contribution >= 0.6 is 11.6 Å². The lowest BCUT2D eigenvalue weighted by Gasteiger charge is -2.15. The molecule has 1 unspecified atom stereocenters. The van der Waals surface area contributed by atoms with Crippen molar-refractivity contribution < 1.29 is 13.6 Å². The summed E-state index contributed by atoms with van der Waals surface area (Å²) < 4.78 is 26.6. The fourth-order valence-electron chi connectivity index (χ4n) is 1.40. The summed E-state index contributed by atoms with van der Waals surface area (Å²) in [6.07, 6.45) is 0.127. The summed E-state index contributed by atoms with van der Waals surface area (Å²) in [7, 11) is 0. The van der Waals surface area contributed by atoms with Gasteiger partial charge in [0.2, 0.25) is 5.91 Å². The van der Waals surface area contributed by atoms with Gasteiger partial charge in [-0.1, -0.05) is 6.07 Å². The van der Waals surface area contributed by atoms with Gasteiger partial charge in [-0.05, 0) is 19.1 Å². The van der Waals surface area contributed by atoms with Gasteiger partial charge >= 0.3 is 0 Å². The number of nitrogens with one attached hydrogen (secondary N) is 1. The number of carbonyl (C=O) groups is 1. The monoisotopic (exact) mass is 247 g/mol. The molecule has 1 aromatic rings. The third-order valence-electron chi connectivity index (χ3n) is 2.13. The molecule has 0 bridgehead atoms. The summed E-state index contributed by atoms with van der Waals surface area (Å²) >= 11 is 5.38. The Morgan fingerprint density at radius 1 is 1.44 bits per heavy atom. The van der Waals surface area contributed by atoms with Crippen LogP contribution in [0.1, 0.15) is 24.9 Å². The van der Waals surface area contributed by atoms with Crippen LogP contribution in [-0.2, 0) is 4.79 Å². The van der Waals surface area contributed by atoms with Crippen LogP contribution < -0.4 is 5.32 Å². The highest BCUT2D eigenvalue weighted by Gasteiger charge is 2.17. The first-order chi connectivity index (χ1) is 7.56. The van der Waals surface area contributed by atoms with Crippen LogP contribution in [-0.4, -0.2) is 11.8 Å². The second kappa shape index (κ2) is 5.80. The van der Waals surface area contributed by atoms with Crippen molar-refractivity contribution in [1.82, 2.24) is 5.32 Å². The summed E-state index contributed by atoms with van der Waals surface area (Å²) in [5, 5.41) is 2.48. The standard InChI is InChI=1S/C11H12ClF2NO/c1-7(15-10(16)5-6-12)11-8(13)3-2-4-9(11)14/h2-4,7H,5-6H2,1H3,(H,15,16). The van der Waals surface area contributed by atoms with Crippen molar-refractivity contribution in [2.45, 2.75) is 19.4 Å². The van der Waals surface area contributed by atoms with Gasteiger partial charge in [0.1, 0.15) is 11.6 Å². The van der Waals surface area contributed by atoms with Crippen molar-refractivity contribution in [3.8, 4) is 0 Å². The average Bonchev–Trinajstić information content (AvgIpc) is 2.17. The molecule has 0 heterocycles. The number of halogens is 3. The highest BCUT2D eigenvalue weighted by atomic mass is 35.5. The predicted molar refractivity (Wildman–Crippen MR) is 58.3 cm³/mol. The smallest absolute Gasteiger partial charge is 0.221 e. The van der Waals surface area contributed by atoms with Gasteiger partial charge in [0, 0.05) is 17.9 Å². The molecule has 0 spiro atoms. The van der Waals surface area contributed by atoms with E-state index in [4.69, 9.17) is 11.6 Å². The molecule has 1 aromatic carbocycles. The van der Waals surface area contributed by atoms with Crippen LogP contribution in [0.3, 0.4) is 0 Å². The van der Waals surface area contributed by atoms with Gasteiger partial charge in [-0.2, -0.15) is 0 Å². The molecule has 1 rings (SSSR count). The maximum absolute atomic E-state index is 13.3. The molecule has 0 radical (unpaired) electrons. The van der Waals surface area contributed by atoms with E-state index in [1.54, 1.807) is 0 Å². The maximum atomic E-state index is 13.3. The molecular formula is C11H12ClF2NO. The van der Waals surface area contributed by atoms with E-state index in [0.717, 1.165) is 12.1 Å². The van der Waals surface area contributed by atoms with E-state index >= 15 is 0 Å². The summed E-state index contributed by atoms with van der Waals surface area (Å²) in [4.78, 5) is 11.2. The van der Waals surface area contributed by atoms with Gasteiger partial charge in [0.05, 0.1) is 6.04 Å². The predicted octanol–water partition coefficient (Wildman–Crippen LogP) is 2.77. The molecule has 0 aromatic heterocycles. The van der Waals surface area contributed by atoms with Crippen LogP contribution in [0.2, 0.25) is 0 Å². The minimum absolute atomic E-state index is 0.127. The number of hydrogen-bond donors (Lipinski definition) is 1. The molecule has 1 atom stereocenters. The molecule has 1 N–H and O–H groups in total. The van der Waals surface area contributed by atoms with Gasteiger partial charge in [-0.3, -0.25) is 4.79 Å².